The van der Waals surface area contributed by atoms with Gasteiger partial charge in [0.05, 0.1) is 17.5 Å². The van der Waals surface area contributed by atoms with Crippen LogP contribution in [0.2, 0.25) is 0 Å². The number of rotatable bonds is 8. The molecule has 0 aliphatic rings. The van der Waals surface area contributed by atoms with E-state index in [1.165, 1.54) is 19.2 Å². The lowest BCUT2D eigenvalue weighted by atomic mass is 10.2. The maximum Gasteiger partial charge on any atom is 0.243 e. The summed E-state index contributed by atoms with van der Waals surface area (Å²) in [4.78, 5) is 12.3. The predicted octanol–water partition coefficient (Wildman–Crippen LogP) is 2.20. The topological polar surface area (TPSA) is 75.7 Å². The Morgan fingerprint density at radius 1 is 1.12 bits per heavy atom. The minimum absolute atomic E-state index is 0.166. The first-order valence-electron chi connectivity index (χ1n) is 8.29. The Bertz CT molecular complexity index is 820. The van der Waals surface area contributed by atoms with Gasteiger partial charge >= 0.3 is 0 Å². The third kappa shape index (κ3) is 5.57. The SMILES string of the molecule is Cc1ccc(S(=O)(=O)N(C)CC(=O)N[C@H](C)COc2ccccc2)cc1. The van der Waals surface area contributed by atoms with E-state index in [2.05, 4.69) is 5.32 Å². The number of amides is 1. The number of ether oxygens (including phenoxy) is 1. The van der Waals surface area contributed by atoms with Crippen molar-refractivity contribution >= 4 is 15.9 Å². The molecule has 1 N–H and O–H groups in total. The van der Waals surface area contributed by atoms with E-state index >= 15 is 0 Å². The molecule has 2 aromatic carbocycles. The van der Waals surface area contributed by atoms with Gasteiger partial charge in [-0.1, -0.05) is 35.9 Å². The van der Waals surface area contributed by atoms with Gasteiger partial charge in [-0.15, -0.1) is 0 Å². The lowest BCUT2D eigenvalue weighted by Gasteiger charge is -2.19. The molecule has 0 aromatic heterocycles. The van der Waals surface area contributed by atoms with Crippen molar-refractivity contribution in [3.8, 4) is 5.75 Å². The Balaban J connectivity index is 1.86. The number of para-hydroxylation sites is 1. The van der Waals surface area contributed by atoms with E-state index in [4.69, 9.17) is 4.74 Å². The van der Waals surface area contributed by atoms with Crippen molar-refractivity contribution in [1.82, 2.24) is 9.62 Å². The Hall–Kier alpha value is -2.38. The molecule has 0 aliphatic carbocycles. The van der Waals surface area contributed by atoms with Crippen molar-refractivity contribution in [2.75, 3.05) is 20.2 Å². The van der Waals surface area contributed by atoms with Gasteiger partial charge in [0, 0.05) is 7.05 Å². The van der Waals surface area contributed by atoms with Crippen molar-refractivity contribution in [2.24, 2.45) is 0 Å². The molecule has 0 radical (unpaired) electrons. The summed E-state index contributed by atoms with van der Waals surface area (Å²) in [6, 6.07) is 15.6. The van der Waals surface area contributed by atoms with E-state index < -0.39 is 10.0 Å². The molecule has 2 rings (SSSR count). The van der Waals surface area contributed by atoms with E-state index in [-0.39, 0.29) is 23.4 Å². The van der Waals surface area contributed by atoms with Crippen molar-refractivity contribution in [3.05, 3.63) is 60.2 Å². The molecule has 2 aromatic rings. The molecule has 6 nitrogen and oxygen atoms in total. The number of sulfonamides is 1. The molecule has 0 spiro atoms. The minimum atomic E-state index is -3.70. The monoisotopic (exact) mass is 376 g/mol. The average molecular weight is 376 g/mol. The van der Waals surface area contributed by atoms with Crippen LogP contribution >= 0.6 is 0 Å². The maximum atomic E-state index is 12.5. The molecule has 0 heterocycles. The molecule has 0 saturated heterocycles. The van der Waals surface area contributed by atoms with Crippen LogP contribution in [0.5, 0.6) is 5.75 Å². The van der Waals surface area contributed by atoms with Crippen LogP contribution in [0.3, 0.4) is 0 Å². The molecule has 0 unspecified atom stereocenters. The van der Waals surface area contributed by atoms with Crippen LogP contribution in [-0.2, 0) is 14.8 Å². The first-order valence-corrected chi connectivity index (χ1v) is 9.73. The second-order valence-electron chi connectivity index (χ2n) is 6.17. The number of aryl methyl sites for hydroxylation is 1. The van der Waals surface area contributed by atoms with Crippen LogP contribution in [0.25, 0.3) is 0 Å². The molecule has 0 saturated carbocycles. The lowest BCUT2D eigenvalue weighted by molar-refractivity contribution is -0.121. The zero-order valence-corrected chi connectivity index (χ0v) is 16.0. The van der Waals surface area contributed by atoms with Crippen molar-refractivity contribution < 1.29 is 17.9 Å². The molecule has 0 fully saturated rings. The number of hydrogen-bond acceptors (Lipinski definition) is 4. The highest BCUT2D eigenvalue weighted by Gasteiger charge is 2.23. The van der Waals surface area contributed by atoms with Gasteiger partial charge in [-0.25, -0.2) is 8.42 Å². The standard InChI is InChI=1S/C19H24N2O4S/c1-15-9-11-18(12-10-15)26(23,24)21(3)13-19(22)20-16(2)14-25-17-7-5-4-6-8-17/h4-12,16H,13-14H2,1-3H3,(H,20,22)/t16-/m1/s1. The van der Waals surface area contributed by atoms with E-state index in [1.807, 2.05) is 37.3 Å². The Kier molecular flexibility index (Phi) is 6.76. The molecule has 140 valence electrons. The maximum absolute atomic E-state index is 12.5. The summed E-state index contributed by atoms with van der Waals surface area (Å²) in [6.07, 6.45) is 0. The summed E-state index contributed by atoms with van der Waals surface area (Å²) in [7, 11) is -2.31. The molecule has 7 heteroatoms. The Morgan fingerprint density at radius 3 is 2.35 bits per heavy atom. The van der Waals surface area contributed by atoms with Gasteiger partial charge in [-0.05, 0) is 38.1 Å². The summed E-state index contributed by atoms with van der Waals surface area (Å²) >= 11 is 0. The van der Waals surface area contributed by atoms with Crippen LogP contribution in [0.15, 0.2) is 59.5 Å². The molecular formula is C19H24N2O4S. The summed E-state index contributed by atoms with van der Waals surface area (Å²) in [5.74, 6) is 0.333. The Labute approximate surface area is 154 Å². The second-order valence-corrected chi connectivity index (χ2v) is 8.21. The highest BCUT2D eigenvalue weighted by atomic mass is 32.2. The minimum Gasteiger partial charge on any atom is -0.491 e. The quantitative estimate of drug-likeness (QED) is 0.766. The van der Waals surface area contributed by atoms with Crippen LogP contribution in [-0.4, -0.2) is 44.9 Å². The number of benzene rings is 2. The van der Waals surface area contributed by atoms with Gasteiger partial charge in [0.15, 0.2) is 0 Å². The molecule has 26 heavy (non-hydrogen) atoms. The van der Waals surface area contributed by atoms with E-state index in [9.17, 15) is 13.2 Å². The summed E-state index contributed by atoms with van der Waals surface area (Å²) in [5, 5.41) is 2.74. The number of hydrogen-bond donors (Lipinski definition) is 1. The van der Waals surface area contributed by atoms with Gasteiger partial charge in [0.1, 0.15) is 12.4 Å². The van der Waals surface area contributed by atoms with Crippen LogP contribution in [0.1, 0.15) is 12.5 Å². The van der Waals surface area contributed by atoms with Gasteiger partial charge < -0.3 is 10.1 Å². The van der Waals surface area contributed by atoms with Gasteiger partial charge in [0.2, 0.25) is 15.9 Å². The van der Waals surface area contributed by atoms with Gasteiger partial charge in [-0.2, -0.15) is 4.31 Å². The van der Waals surface area contributed by atoms with E-state index in [1.54, 1.807) is 19.1 Å². The molecule has 0 bridgehead atoms. The van der Waals surface area contributed by atoms with Crippen molar-refractivity contribution in [1.29, 1.82) is 0 Å². The third-order valence-electron chi connectivity index (χ3n) is 3.75. The zero-order chi connectivity index (χ0) is 19.2. The van der Waals surface area contributed by atoms with E-state index in [0.29, 0.717) is 12.4 Å². The normalized spacial score (nSPS) is 12.6. The highest BCUT2D eigenvalue weighted by Crippen LogP contribution is 2.14. The fourth-order valence-electron chi connectivity index (χ4n) is 2.28. The van der Waals surface area contributed by atoms with E-state index in [0.717, 1.165) is 9.87 Å². The lowest BCUT2D eigenvalue weighted by Crippen LogP contribution is -2.43. The number of nitrogens with one attached hydrogen (secondary N) is 1. The number of likely N-dealkylation sites (N-methyl/N-ethyl adjacent to an activating group) is 1. The summed E-state index contributed by atoms with van der Waals surface area (Å²) in [6.45, 7) is 3.72. The summed E-state index contributed by atoms with van der Waals surface area (Å²) < 4.78 is 31.6. The first kappa shape index (κ1) is 19.9. The smallest absolute Gasteiger partial charge is 0.243 e. The van der Waals surface area contributed by atoms with Gasteiger partial charge in [-0.3, -0.25) is 4.79 Å². The fraction of sp³-hybridized carbons (Fsp3) is 0.316. The van der Waals surface area contributed by atoms with Crippen LogP contribution in [0.4, 0.5) is 0 Å². The second kappa shape index (κ2) is 8.82. The number of nitrogens with zero attached hydrogens (tertiary/aromatic N) is 1. The number of carbonyl (C=O) groups is 1. The highest BCUT2D eigenvalue weighted by molar-refractivity contribution is 7.89. The zero-order valence-electron chi connectivity index (χ0n) is 15.2. The third-order valence-corrected chi connectivity index (χ3v) is 5.56. The predicted molar refractivity (Wildman–Crippen MR) is 101 cm³/mol. The fourth-order valence-corrected chi connectivity index (χ4v) is 3.40. The number of carbonyl (C=O) groups excluding carboxylic acids is 1. The van der Waals surface area contributed by atoms with Crippen molar-refractivity contribution in [3.63, 3.8) is 0 Å². The molecule has 0 aliphatic heterocycles. The van der Waals surface area contributed by atoms with Crippen LogP contribution < -0.4 is 10.1 Å². The average Bonchev–Trinajstić information content (AvgIpc) is 2.61. The Morgan fingerprint density at radius 2 is 1.73 bits per heavy atom. The molecular weight excluding hydrogens is 352 g/mol. The largest absolute Gasteiger partial charge is 0.491 e. The van der Waals surface area contributed by atoms with Crippen molar-refractivity contribution in [2.45, 2.75) is 24.8 Å². The molecule has 1 amide bonds. The first-order chi connectivity index (χ1) is 12.3. The summed E-state index contributed by atoms with van der Waals surface area (Å²) in [5.41, 5.74) is 0.969. The van der Waals surface area contributed by atoms with Gasteiger partial charge in [0.25, 0.3) is 0 Å². The molecule has 1 atom stereocenters. The van der Waals surface area contributed by atoms with Crippen LogP contribution in [0, 0.1) is 6.92 Å².